The van der Waals surface area contributed by atoms with Crippen LogP contribution in [-0.4, -0.2) is 62.5 Å². The highest BCUT2D eigenvalue weighted by molar-refractivity contribution is 7.85. The predicted molar refractivity (Wildman–Crippen MR) is 92.4 cm³/mol. The van der Waals surface area contributed by atoms with Gasteiger partial charge in [0.2, 0.25) is 11.8 Å². The first-order valence-electron chi connectivity index (χ1n) is 8.83. The third-order valence-electron chi connectivity index (χ3n) is 5.52. The zero-order chi connectivity index (χ0) is 17.1. The molecule has 0 bridgehead atoms. The number of likely N-dealkylation sites (tertiary alicyclic amines) is 1. The van der Waals surface area contributed by atoms with Gasteiger partial charge in [-0.1, -0.05) is 13.8 Å². The van der Waals surface area contributed by atoms with Crippen molar-refractivity contribution in [2.75, 3.05) is 25.4 Å². The van der Waals surface area contributed by atoms with Crippen LogP contribution in [0.3, 0.4) is 0 Å². The first kappa shape index (κ1) is 18.4. The van der Waals surface area contributed by atoms with E-state index in [0.717, 1.165) is 25.8 Å². The quantitative estimate of drug-likeness (QED) is 0.783. The molecule has 0 saturated carbocycles. The van der Waals surface area contributed by atoms with Crippen LogP contribution in [0.5, 0.6) is 0 Å². The summed E-state index contributed by atoms with van der Waals surface area (Å²) in [5, 5.41) is 0.0224. The van der Waals surface area contributed by atoms with Crippen molar-refractivity contribution < 1.29 is 13.8 Å². The Morgan fingerprint density at radius 3 is 2.61 bits per heavy atom. The molecular formula is C17H30N2O3S. The van der Waals surface area contributed by atoms with Crippen molar-refractivity contribution in [2.45, 2.75) is 58.2 Å². The van der Waals surface area contributed by atoms with Crippen LogP contribution in [0.15, 0.2) is 0 Å². The van der Waals surface area contributed by atoms with Crippen LogP contribution in [0.4, 0.5) is 0 Å². The van der Waals surface area contributed by atoms with Crippen molar-refractivity contribution in [3.8, 4) is 0 Å². The molecule has 6 heteroatoms. The number of piperidine rings is 1. The minimum absolute atomic E-state index is 0.0118. The fourth-order valence-corrected chi connectivity index (χ4v) is 4.80. The molecule has 2 saturated heterocycles. The molecule has 132 valence electrons. The number of hydrogen-bond donors (Lipinski definition) is 0. The fraction of sp³-hybridized carbons (Fsp3) is 0.882. The van der Waals surface area contributed by atoms with Crippen LogP contribution in [0.2, 0.25) is 0 Å². The monoisotopic (exact) mass is 342 g/mol. The molecule has 2 fully saturated rings. The minimum atomic E-state index is -0.837. The van der Waals surface area contributed by atoms with Crippen molar-refractivity contribution in [1.82, 2.24) is 9.80 Å². The molecule has 2 heterocycles. The van der Waals surface area contributed by atoms with Crippen LogP contribution >= 0.6 is 0 Å². The molecule has 0 radical (unpaired) electrons. The first-order valence-corrected chi connectivity index (χ1v) is 10.2. The Morgan fingerprint density at radius 2 is 1.96 bits per heavy atom. The highest BCUT2D eigenvalue weighted by Gasteiger charge is 2.38. The van der Waals surface area contributed by atoms with E-state index < -0.39 is 10.8 Å². The summed E-state index contributed by atoms with van der Waals surface area (Å²) in [5.74, 6) is 0.812. The van der Waals surface area contributed by atoms with E-state index >= 15 is 0 Å². The number of carbonyl (C=O) groups excluding carboxylic acids is 2. The molecule has 5 atom stereocenters. The topological polar surface area (TPSA) is 57.7 Å². The summed E-state index contributed by atoms with van der Waals surface area (Å²) < 4.78 is 11.9. The summed E-state index contributed by atoms with van der Waals surface area (Å²) in [6, 6.07) is 0.0118. The lowest BCUT2D eigenvalue weighted by Gasteiger charge is -2.41. The molecule has 2 amide bonds. The molecule has 5 nitrogen and oxygen atoms in total. The molecule has 2 rings (SSSR count). The zero-order valence-electron chi connectivity index (χ0n) is 14.8. The highest BCUT2D eigenvalue weighted by atomic mass is 32.2. The largest absolute Gasteiger partial charge is 0.342 e. The van der Waals surface area contributed by atoms with E-state index in [4.69, 9.17) is 0 Å². The third-order valence-corrected chi connectivity index (χ3v) is 7.33. The maximum Gasteiger partial charge on any atom is 0.227 e. The van der Waals surface area contributed by atoms with Gasteiger partial charge in [0, 0.05) is 48.1 Å². The average molecular weight is 343 g/mol. The van der Waals surface area contributed by atoms with Crippen LogP contribution in [0.1, 0.15) is 47.0 Å². The van der Waals surface area contributed by atoms with Gasteiger partial charge < -0.3 is 9.80 Å². The van der Waals surface area contributed by atoms with E-state index in [1.165, 1.54) is 0 Å². The van der Waals surface area contributed by atoms with E-state index in [0.29, 0.717) is 18.8 Å². The van der Waals surface area contributed by atoms with E-state index in [1.807, 2.05) is 37.5 Å². The molecule has 0 aromatic rings. The molecular weight excluding hydrogens is 312 g/mol. The zero-order valence-corrected chi connectivity index (χ0v) is 15.6. The molecule has 0 aromatic carbocycles. The second kappa shape index (κ2) is 7.77. The lowest BCUT2D eigenvalue weighted by molar-refractivity contribution is -0.143. The number of amides is 2. The maximum atomic E-state index is 12.9. The summed E-state index contributed by atoms with van der Waals surface area (Å²) in [7, 11) is -0.837. The van der Waals surface area contributed by atoms with Gasteiger partial charge in [-0.05, 0) is 33.1 Å². The van der Waals surface area contributed by atoms with Gasteiger partial charge in [-0.25, -0.2) is 0 Å². The van der Waals surface area contributed by atoms with E-state index in [9.17, 15) is 13.8 Å². The van der Waals surface area contributed by atoms with E-state index in [-0.39, 0.29) is 34.9 Å². The third kappa shape index (κ3) is 3.95. The Kier molecular flexibility index (Phi) is 6.23. The Morgan fingerprint density at radius 1 is 1.26 bits per heavy atom. The Hall–Kier alpha value is -0.910. The molecule has 2 aliphatic rings. The van der Waals surface area contributed by atoms with Crippen molar-refractivity contribution >= 4 is 22.6 Å². The number of rotatable bonds is 3. The lowest BCUT2D eigenvalue weighted by Crippen LogP contribution is -2.56. The van der Waals surface area contributed by atoms with Crippen molar-refractivity contribution in [3.05, 3.63) is 0 Å². The van der Waals surface area contributed by atoms with E-state index in [1.54, 1.807) is 0 Å². The van der Waals surface area contributed by atoms with Crippen LogP contribution in [-0.2, 0) is 20.4 Å². The molecule has 0 N–H and O–H groups in total. The van der Waals surface area contributed by atoms with Crippen LogP contribution in [0.25, 0.3) is 0 Å². The Labute approximate surface area is 142 Å². The van der Waals surface area contributed by atoms with Gasteiger partial charge in [-0.15, -0.1) is 0 Å². The summed E-state index contributed by atoms with van der Waals surface area (Å²) in [5.41, 5.74) is 0. The van der Waals surface area contributed by atoms with Gasteiger partial charge in [0.05, 0.1) is 11.2 Å². The van der Waals surface area contributed by atoms with Crippen LogP contribution < -0.4 is 0 Å². The summed E-state index contributed by atoms with van der Waals surface area (Å²) in [4.78, 5) is 29.1. The first-order chi connectivity index (χ1) is 10.9. The summed E-state index contributed by atoms with van der Waals surface area (Å²) >= 11 is 0. The molecule has 0 aliphatic carbocycles. The second-order valence-electron chi connectivity index (χ2n) is 6.99. The SMILES string of the molecule is CC[C@H](C)C(=O)N1CCC[C@H](C(=O)N2CC[S@@](=O)[C@H](C)[C@@H]2C)C1. The van der Waals surface area contributed by atoms with E-state index in [2.05, 4.69) is 0 Å². The maximum absolute atomic E-state index is 12.9. The molecule has 2 aliphatic heterocycles. The van der Waals surface area contributed by atoms with Gasteiger partial charge >= 0.3 is 0 Å². The number of carbonyl (C=O) groups is 2. The second-order valence-corrected chi connectivity index (χ2v) is 8.91. The Bertz CT molecular complexity index is 482. The highest BCUT2D eigenvalue weighted by Crippen LogP contribution is 2.25. The van der Waals surface area contributed by atoms with Crippen LogP contribution in [0, 0.1) is 11.8 Å². The summed E-state index contributed by atoms with van der Waals surface area (Å²) in [6.07, 6.45) is 2.58. The van der Waals surface area contributed by atoms with Gasteiger partial charge in [-0.2, -0.15) is 0 Å². The average Bonchev–Trinajstić information content (AvgIpc) is 2.58. The van der Waals surface area contributed by atoms with Crippen molar-refractivity contribution in [2.24, 2.45) is 11.8 Å². The molecule has 0 spiro atoms. The fourth-order valence-electron chi connectivity index (χ4n) is 3.46. The Balaban J connectivity index is 2.02. The number of nitrogens with zero attached hydrogens (tertiary/aromatic N) is 2. The standard InChI is InChI=1S/C17H30N2O3S/c1-5-12(2)16(20)18-8-6-7-15(11-18)17(21)19-9-10-23(22)14(4)13(19)3/h12-15H,5-11H2,1-4H3/t12-,13-,14+,15-,23+/m0/s1. The smallest absolute Gasteiger partial charge is 0.227 e. The van der Waals surface area contributed by atoms with Gasteiger partial charge in [-0.3, -0.25) is 13.8 Å². The summed E-state index contributed by atoms with van der Waals surface area (Å²) in [6.45, 7) is 9.81. The van der Waals surface area contributed by atoms with Gasteiger partial charge in [0.1, 0.15) is 0 Å². The van der Waals surface area contributed by atoms with Gasteiger partial charge in [0.25, 0.3) is 0 Å². The van der Waals surface area contributed by atoms with Gasteiger partial charge in [0.15, 0.2) is 0 Å². The normalized spacial score (nSPS) is 33.4. The van der Waals surface area contributed by atoms with Crippen molar-refractivity contribution in [1.29, 1.82) is 0 Å². The number of hydrogen-bond acceptors (Lipinski definition) is 3. The minimum Gasteiger partial charge on any atom is -0.342 e. The van der Waals surface area contributed by atoms with Crippen molar-refractivity contribution in [3.63, 3.8) is 0 Å². The molecule has 23 heavy (non-hydrogen) atoms. The molecule has 0 aromatic heterocycles. The lowest BCUT2D eigenvalue weighted by atomic mass is 9.94. The predicted octanol–water partition coefficient (Wildman–Crippen LogP) is 1.64. The molecule has 0 unspecified atom stereocenters.